The summed E-state index contributed by atoms with van der Waals surface area (Å²) in [6, 6.07) is 5.70. The number of benzene rings is 1. The van der Waals surface area contributed by atoms with Gasteiger partial charge in [0, 0.05) is 11.4 Å². The molecule has 1 saturated carbocycles. The zero-order valence-electron chi connectivity index (χ0n) is 11.8. The maximum atomic E-state index is 11.8. The van der Waals surface area contributed by atoms with Crippen molar-refractivity contribution >= 4 is 23.2 Å². The van der Waals surface area contributed by atoms with Gasteiger partial charge >= 0.3 is 11.8 Å². The fourth-order valence-electron chi connectivity index (χ4n) is 2.13. The fourth-order valence-corrected chi connectivity index (χ4v) is 2.13. The predicted octanol–water partition coefficient (Wildman–Crippen LogP) is 2.29. The van der Waals surface area contributed by atoms with Gasteiger partial charge in [0.15, 0.2) is 0 Å². The number of hydrogen-bond acceptors (Lipinski definition) is 3. The van der Waals surface area contributed by atoms with Crippen molar-refractivity contribution in [2.45, 2.75) is 39.5 Å². The maximum Gasteiger partial charge on any atom is 0.329 e. The minimum Gasteiger partial charge on any atom is -0.317 e. The van der Waals surface area contributed by atoms with E-state index in [2.05, 4.69) is 15.8 Å². The normalized spacial score (nSPS) is 14.0. The van der Waals surface area contributed by atoms with E-state index in [-0.39, 0.29) is 0 Å². The molecule has 1 aromatic carbocycles. The average molecular weight is 273 g/mol. The second-order valence-corrected chi connectivity index (χ2v) is 5.10. The summed E-state index contributed by atoms with van der Waals surface area (Å²) in [5.74, 6) is -1.42. The van der Waals surface area contributed by atoms with Gasteiger partial charge in [-0.2, -0.15) is 5.10 Å². The van der Waals surface area contributed by atoms with Gasteiger partial charge in [0.25, 0.3) is 0 Å². The molecule has 0 heterocycles. The standard InChI is InChI=1S/C15H19N3O2/c1-10-7-8-11(2)13(9-10)16-14(19)15(20)18-17-12-5-3-4-6-12/h7-9H,3-6H2,1-2H3,(H,16,19)(H,18,20). The van der Waals surface area contributed by atoms with Gasteiger partial charge in [-0.25, -0.2) is 5.43 Å². The van der Waals surface area contributed by atoms with Crippen LogP contribution >= 0.6 is 0 Å². The molecule has 0 saturated heterocycles. The number of carbonyl (C=O) groups excluding carboxylic acids is 2. The van der Waals surface area contributed by atoms with Gasteiger partial charge in [-0.15, -0.1) is 0 Å². The van der Waals surface area contributed by atoms with Gasteiger partial charge in [0.1, 0.15) is 0 Å². The van der Waals surface area contributed by atoms with Crippen LogP contribution in [0.5, 0.6) is 0 Å². The van der Waals surface area contributed by atoms with E-state index in [1.165, 1.54) is 0 Å². The van der Waals surface area contributed by atoms with Crippen LogP contribution in [0.15, 0.2) is 23.3 Å². The minimum absolute atomic E-state index is 0.652. The lowest BCUT2D eigenvalue weighted by Gasteiger charge is -2.08. The lowest BCUT2D eigenvalue weighted by atomic mass is 10.1. The van der Waals surface area contributed by atoms with E-state index in [1.807, 2.05) is 32.0 Å². The molecule has 0 bridgehead atoms. The van der Waals surface area contributed by atoms with E-state index < -0.39 is 11.8 Å². The Morgan fingerprint density at radius 2 is 1.80 bits per heavy atom. The lowest BCUT2D eigenvalue weighted by Crippen LogP contribution is -2.33. The van der Waals surface area contributed by atoms with E-state index in [9.17, 15) is 9.59 Å². The van der Waals surface area contributed by atoms with E-state index in [0.29, 0.717) is 5.69 Å². The van der Waals surface area contributed by atoms with Crippen LogP contribution < -0.4 is 10.7 Å². The summed E-state index contributed by atoms with van der Waals surface area (Å²) in [5.41, 5.74) is 5.86. The van der Waals surface area contributed by atoms with Crippen molar-refractivity contribution in [1.29, 1.82) is 0 Å². The quantitative estimate of drug-likeness (QED) is 0.641. The first-order valence-corrected chi connectivity index (χ1v) is 6.80. The van der Waals surface area contributed by atoms with Crippen molar-refractivity contribution in [3.05, 3.63) is 29.3 Å². The molecular weight excluding hydrogens is 254 g/mol. The van der Waals surface area contributed by atoms with Crippen molar-refractivity contribution in [2.24, 2.45) is 5.10 Å². The van der Waals surface area contributed by atoms with Crippen molar-refractivity contribution in [1.82, 2.24) is 5.43 Å². The van der Waals surface area contributed by atoms with Crippen LogP contribution in [0.4, 0.5) is 5.69 Å². The molecule has 2 N–H and O–H groups in total. The van der Waals surface area contributed by atoms with Crippen molar-refractivity contribution < 1.29 is 9.59 Å². The molecular formula is C15H19N3O2. The monoisotopic (exact) mass is 273 g/mol. The highest BCUT2D eigenvalue weighted by molar-refractivity contribution is 6.39. The van der Waals surface area contributed by atoms with Crippen LogP contribution in [-0.2, 0) is 9.59 Å². The van der Waals surface area contributed by atoms with Gasteiger partial charge in [0.2, 0.25) is 0 Å². The molecule has 0 aliphatic heterocycles. The van der Waals surface area contributed by atoms with Crippen molar-refractivity contribution in [3.63, 3.8) is 0 Å². The number of nitrogens with zero attached hydrogens (tertiary/aromatic N) is 1. The Balaban J connectivity index is 1.95. The second kappa shape index (κ2) is 6.32. The Bertz CT molecular complexity index is 556. The Hall–Kier alpha value is -2.17. The van der Waals surface area contributed by atoms with Crippen LogP contribution in [0.3, 0.4) is 0 Å². The first-order chi connectivity index (χ1) is 9.56. The number of aryl methyl sites for hydroxylation is 2. The third kappa shape index (κ3) is 3.66. The fraction of sp³-hybridized carbons (Fsp3) is 0.400. The van der Waals surface area contributed by atoms with Crippen LogP contribution in [0.25, 0.3) is 0 Å². The number of anilines is 1. The molecule has 106 valence electrons. The molecule has 1 aromatic rings. The summed E-state index contributed by atoms with van der Waals surface area (Å²) in [6.07, 6.45) is 4.00. The Morgan fingerprint density at radius 1 is 1.10 bits per heavy atom. The first-order valence-electron chi connectivity index (χ1n) is 6.80. The molecule has 1 fully saturated rings. The number of nitrogens with one attached hydrogen (secondary N) is 2. The van der Waals surface area contributed by atoms with E-state index in [4.69, 9.17) is 0 Å². The first kappa shape index (κ1) is 14.2. The molecule has 0 aromatic heterocycles. The number of rotatable bonds is 2. The Labute approximate surface area is 118 Å². The van der Waals surface area contributed by atoms with E-state index in [1.54, 1.807) is 0 Å². The smallest absolute Gasteiger partial charge is 0.317 e. The van der Waals surface area contributed by atoms with Crippen LogP contribution in [0.2, 0.25) is 0 Å². The van der Waals surface area contributed by atoms with Crippen molar-refractivity contribution in [2.75, 3.05) is 5.32 Å². The molecule has 0 atom stereocenters. The Morgan fingerprint density at radius 3 is 2.50 bits per heavy atom. The lowest BCUT2D eigenvalue weighted by molar-refractivity contribution is -0.136. The molecule has 20 heavy (non-hydrogen) atoms. The SMILES string of the molecule is Cc1ccc(C)c(NC(=O)C(=O)NN=C2CCCC2)c1. The Kier molecular flexibility index (Phi) is 4.50. The van der Waals surface area contributed by atoms with Crippen molar-refractivity contribution in [3.8, 4) is 0 Å². The van der Waals surface area contributed by atoms with Gasteiger partial charge < -0.3 is 5.32 Å². The second-order valence-electron chi connectivity index (χ2n) is 5.10. The summed E-state index contributed by atoms with van der Waals surface area (Å²) < 4.78 is 0. The molecule has 0 spiro atoms. The third-order valence-corrected chi connectivity index (χ3v) is 3.34. The summed E-state index contributed by atoms with van der Waals surface area (Å²) in [6.45, 7) is 3.81. The van der Waals surface area contributed by atoms with Gasteiger partial charge in [-0.3, -0.25) is 9.59 Å². The van der Waals surface area contributed by atoms with Crippen LogP contribution in [-0.4, -0.2) is 17.5 Å². The minimum atomic E-state index is -0.731. The molecule has 0 radical (unpaired) electrons. The largest absolute Gasteiger partial charge is 0.329 e. The van der Waals surface area contributed by atoms with E-state index in [0.717, 1.165) is 42.5 Å². The van der Waals surface area contributed by atoms with E-state index >= 15 is 0 Å². The van der Waals surface area contributed by atoms with Gasteiger partial charge in [-0.1, -0.05) is 12.1 Å². The zero-order valence-corrected chi connectivity index (χ0v) is 11.8. The summed E-state index contributed by atoms with van der Waals surface area (Å²) in [4.78, 5) is 23.5. The number of carbonyl (C=O) groups is 2. The number of hydrazone groups is 1. The molecule has 2 rings (SSSR count). The molecule has 0 unspecified atom stereocenters. The molecule has 1 aliphatic rings. The topological polar surface area (TPSA) is 70.6 Å². The number of hydrogen-bond donors (Lipinski definition) is 2. The predicted molar refractivity (Wildman–Crippen MR) is 78.6 cm³/mol. The highest BCUT2D eigenvalue weighted by atomic mass is 16.2. The summed E-state index contributed by atoms with van der Waals surface area (Å²) >= 11 is 0. The molecule has 5 nitrogen and oxygen atoms in total. The zero-order chi connectivity index (χ0) is 14.5. The maximum absolute atomic E-state index is 11.8. The average Bonchev–Trinajstić information content (AvgIpc) is 2.93. The van der Waals surface area contributed by atoms with Gasteiger partial charge in [0.05, 0.1) is 0 Å². The molecule has 1 aliphatic carbocycles. The number of amides is 2. The third-order valence-electron chi connectivity index (χ3n) is 3.34. The molecule has 2 amide bonds. The highest BCUT2D eigenvalue weighted by Gasteiger charge is 2.15. The highest BCUT2D eigenvalue weighted by Crippen LogP contribution is 2.16. The van der Waals surface area contributed by atoms with Crippen LogP contribution in [0, 0.1) is 13.8 Å². The van der Waals surface area contributed by atoms with Gasteiger partial charge in [-0.05, 0) is 56.7 Å². The summed E-state index contributed by atoms with van der Waals surface area (Å²) in [5, 5.41) is 6.59. The molecule has 5 heteroatoms. The van der Waals surface area contributed by atoms with Crippen LogP contribution in [0.1, 0.15) is 36.8 Å². The summed E-state index contributed by atoms with van der Waals surface area (Å²) in [7, 11) is 0.